The van der Waals surface area contributed by atoms with Gasteiger partial charge in [0.05, 0.1) is 6.54 Å². The number of amides is 2. The number of anilines is 2. The molecule has 2 aromatic rings. The average molecular weight is 315 g/mol. The van der Waals surface area contributed by atoms with Crippen molar-refractivity contribution in [2.45, 2.75) is 4.90 Å². The lowest BCUT2D eigenvalue weighted by atomic mass is 10.2. The molecule has 2 aromatic carbocycles. The van der Waals surface area contributed by atoms with E-state index in [1.807, 2.05) is 30.5 Å². The number of carbonyl (C=O) groups excluding carboxylic acids is 2. The second-order valence-corrected chi connectivity index (χ2v) is 5.39. The van der Waals surface area contributed by atoms with Crippen LogP contribution in [0.15, 0.2) is 53.4 Å². The van der Waals surface area contributed by atoms with Crippen LogP contribution in [0.1, 0.15) is 10.4 Å². The normalized spacial score (nSPS) is 10.0. The number of hydrogen-bond donors (Lipinski definition) is 3. The lowest BCUT2D eigenvalue weighted by molar-refractivity contribution is -0.114. The van der Waals surface area contributed by atoms with Crippen LogP contribution in [0.25, 0.3) is 0 Å². The maximum atomic E-state index is 11.9. The fourth-order valence-electron chi connectivity index (χ4n) is 1.89. The van der Waals surface area contributed by atoms with Gasteiger partial charge in [-0.3, -0.25) is 9.59 Å². The summed E-state index contributed by atoms with van der Waals surface area (Å²) in [6.07, 6.45) is 1.99. The molecule has 0 saturated heterocycles. The second kappa shape index (κ2) is 7.51. The summed E-state index contributed by atoms with van der Waals surface area (Å²) >= 11 is 1.62. The zero-order valence-corrected chi connectivity index (χ0v) is 12.9. The van der Waals surface area contributed by atoms with E-state index in [1.54, 1.807) is 36.0 Å². The predicted molar refractivity (Wildman–Crippen MR) is 90.3 cm³/mol. The molecule has 0 unspecified atom stereocenters. The first-order chi connectivity index (χ1) is 10.6. The molecule has 5 nitrogen and oxygen atoms in total. The van der Waals surface area contributed by atoms with E-state index in [4.69, 9.17) is 5.73 Å². The van der Waals surface area contributed by atoms with Gasteiger partial charge in [0.25, 0.3) is 0 Å². The number of rotatable bonds is 6. The molecule has 0 atom stereocenters. The maximum Gasteiger partial charge on any atom is 0.248 e. The van der Waals surface area contributed by atoms with Crippen molar-refractivity contribution >= 4 is 35.0 Å². The van der Waals surface area contributed by atoms with Crippen LogP contribution in [0.2, 0.25) is 0 Å². The molecule has 0 aliphatic heterocycles. The number of para-hydroxylation sites is 1. The van der Waals surface area contributed by atoms with Crippen LogP contribution in [0, 0.1) is 0 Å². The summed E-state index contributed by atoms with van der Waals surface area (Å²) in [7, 11) is 0. The molecule has 0 aliphatic carbocycles. The van der Waals surface area contributed by atoms with Gasteiger partial charge in [0.15, 0.2) is 0 Å². The van der Waals surface area contributed by atoms with Gasteiger partial charge in [-0.2, -0.15) is 0 Å². The fraction of sp³-hybridized carbons (Fsp3) is 0.125. The number of carbonyl (C=O) groups is 2. The van der Waals surface area contributed by atoms with E-state index >= 15 is 0 Å². The molecule has 0 radical (unpaired) electrons. The summed E-state index contributed by atoms with van der Waals surface area (Å²) in [6.45, 7) is 0.162. The minimum absolute atomic E-state index is 0.162. The molecule has 2 rings (SSSR count). The van der Waals surface area contributed by atoms with Gasteiger partial charge in [-0.25, -0.2) is 0 Å². The summed E-state index contributed by atoms with van der Waals surface area (Å²) in [5.74, 6) is -0.657. The van der Waals surface area contributed by atoms with E-state index in [9.17, 15) is 9.59 Å². The van der Waals surface area contributed by atoms with E-state index in [-0.39, 0.29) is 12.5 Å². The molecule has 0 fully saturated rings. The van der Waals surface area contributed by atoms with E-state index in [0.717, 1.165) is 10.6 Å². The third-order valence-corrected chi connectivity index (χ3v) is 3.80. The van der Waals surface area contributed by atoms with Crippen molar-refractivity contribution in [1.82, 2.24) is 0 Å². The molecule has 0 saturated carbocycles. The average Bonchev–Trinajstić information content (AvgIpc) is 2.53. The zero-order chi connectivity index (χ0) is 15.9. The number of primary amides is 1. The van der Waals surface area contributed by atoms with Gasteiger partial charge in [0.1, 0.15) is 0 Å². The lowest BCUT2D eigenvalue weighted by Gasteiger charge is -2.10. The largest absolute Gasteiger partial charge is 0.375 e. The van der Waals surface area contributed by atoms with Crippen LogP contribution in [-0.4, -0.2) is 24.6 Å². The number of hydrogen-bond acceptors (Lipinski definition) is 4. The molecule has 0 aliphatic rings. The zero-order valence-electron chi connectivity index (χ0n) is 12.1. The van der Waals surface area contributed by atoms with Gasteiger partial charge in [0, 0.05) is 21.8 Å². The highest BCUT2D eigenvalue weighted by molar-refractivity contribution is 7.98. The van der Waals surface area contributed by atoms with Gasteiger partial charge < -0.3 is 16.4 Å². The minimum Gasteiger partial charge on any atom is -0.375 e. The van der Waals surface area contributed by atoms with E-state index in [1.165, 1.54) is 0 Å². The van der Waals surface area contributed by atoms with Crippen molar-refractivity contribution in [2.75, 3.05) is 23.4 Å². The molecule has 0 heterocycles. The van der Waals surface area contributed by atoms with Crippen molar-refractivity contribution in [3.05, 3.63) is 54.1 Å². The Morgan fingerprint density at radius 2 is 1.77 bits per heavy atom. The molecule has 2 amide bonds. The van der Waals surface area contributed by atoms with Crippen LogP contribution in [0.5, 0.6) is 0 Å². The van der Waals surface area contributed by atoms with Crippen LogP contribution >= 0.6 is 11.8 Å². The predicted octanol–water partition coefficient (Wildman–Crippen LogP) is 2.56. The smallest absolute Gasteiger partial charge is 0.248 e. The van der Waals surface area contributed by atoms with Crippen molar-refractivity contribution in [3.8, 4) is 0 Å². The minimum atomic E-state index is -0.492. The van der Waals surface area contributed by atoms with Gasteiger partial charge in [-0.1, -0.05) is 12.1 Å². The summed E-state index contributed by atoms with van der Waals surface area (Å²) in [5.41, 5.74) is 7.12. The number of benzene rings is 2. The van der Waals surface area contributed by atoms with E-state index < -0.39 is 5.91 Å². The summed E-state index contributed by atoms with van der Waals surface area (Å²) < 4.78 is 0. The van der Waals surface area contributed by atoms with Crippen LogP contribution in [0.3, 0.4) is 0 Å². The molecule has 0 bridgehead atoms. The van der Waals surface area contributed by atoms with Crippen molar-refractivity contribution in [2.24, 2.45) is 5.73 Å². The van der Waals surface area contributed by atoms with Crippen LogP contribution in [-0.2, 0) is 4.79 Å². The molecular formula is C16H17N3O2S. The van der Waals surface area contributed by atoms with Gasteiger partial charge in [0.2, 0.25) is 11.8 Å². The summed E-state index contributed by atoms with van der Waals surface area (Å²) in [5, 5.41) is 5.86. The first kappa shape index (κ1) is 15.9. The van der Waals surface area contributed by atoms with Gasteiger partial charge in [-0.15, -0.1) is 11.8 Å². The van der Waals surface area contributed by atoms with Crippen molar-refractivity contribution < 1.29 is 9.59 Å². The molecular weight excluding hydrogens is 298 g/mol. The monoisotopic (exact) mass is 315 g/mol. The lowest BCUT2D eigenvalue weighted by Crippen LogP contribution is -2.22. The highest BCUT2D eigenvalue weighted by Crippen LogP contribution is 2.24. The van der Waals surface area contributed by atoms with Crippen LogP contribution < -0.4 is 16.4 Å². The molecule has 0 spiro atoms. The third kappa shape index (κ3) is 4.26. The first-order valence-corrected chi connectivity index (χ1v) is 7.89. The number of nitrogens with two attached hydrogens (primary N) is 1. The molecule has 0 aromatic heterocycles. The Hall–Kier alpha value is -2.47. The second-order valence-electron chi connectivity index (χ2n) is 4.54. The Balaban J connectivity index is 1.91. The molecule has 114 valence electrons. The van der Waals surface area contributed by atoms with Crippen molar-refractivity contribution in [1.29, 1.82) is 0 Å². The highest BCUT2D eigenvalue weighted by Gasteiger charge is 2.05. The summed E-state index contributed by atoms with van der Waals surface area (Å²) in [4.78, 5) is 24.0. The topological polar surface area (TPSA) is 84.2 Å². The Kier molecular flexibility index (Phi) is 5.43. The number of nitrogens with one attached hydrogen (secondary N) is 2. The Bertz CT molecular complexity index is 671. The first-order valence-electron chi connectivity index (χ1n) is 6.67. The maximum absolute atomic E-state index is 11.9. The number of thioether (sulfide) groups is 1. The van der Waals surface area contributed by atoms with Crippen molar-refractivity contribution in [3.63, 3.8) is 0 Å². The van der Waals surface area contributed by atoms with E-state index in [0.29, 0.717) is 11.3 Å². The molecule has 22 heavy (non-hydrogen) atoms. The third-order valence-electron chi connectivity index (χ3n) is 3.00. The highest BCUT2D eigenvalue weighted by atomic mass is 32.2. The Morgan fingerprint density at radius 3 is 2.41 bits per heavy atom. The fourth-order valence-corrected chi connectivity index (χ4v) is 2.46. The standard InChI is InChI=1S/C16H17N3O2S/c1-22-14-5-3-2-4-13(14)18-10-15(20)19-12-8-6-11(7-9-12)16(17)21/h2-9,18H,10H2,1H3,(H2,17,21)(H,19,20). The Morgan fingerprint density at radius 1 is 1.09 bits per heavy atom. The Labute approximate surface area is 133 Å². The van der Waals surface area contributed by atoms with Gasteiger partial charge in [-0.05, 0) is 42.7 Å². The van der Waals surface area contributed by atoms with Crippen LogP contribution in [0.4, 0.5) is 11.4 Å². The summed E-state index contributed by atoms with van der Waals surface area (Å²) in [6, 6.07) is 14.2. The molecule has 6 heteroatoms. The van der Waals surface area contributed by atoms with E-state index in [2.05, 4.69) is 10.6 Å². The van der Waals surface area contributed by atoms with Gasteiger partial charge >= 0.3 is 0 Å². The SMILES string of the molecule is CSc1ccccc1NCC(=O)Nc1ccc(C(N)=O)cc1. The quantitative estimate of drug-likeness (QED) is 0.715. The molecule has 4 N–H and O–H groups in total.